The molecular weight excluding hydrogens is 451 g/mol. The number of benzene rings is 3. The van der Waals surface area contributed by atoms with Gasteiger partial charge in [0.2, 0.25) is 0 Å². The number of carbonyl (C=O) groups is 1. The molecule has 7 nitrogen and oxygen atoms in total. The summed E-state index contributed by atoms with van der Waals surface area (Å²) in [5.41, 5.74) is 3.32. The van der Waals surface area contributed by atoms with Crippen LogP contribution in [-0.2, 0) is 6.42 Å². The van der Waals surface area contributed by atoms with Crippen LogP contribution in [-0.4, -0.2) is 47.9 Å². The van der Waals surface area contributed by atoms with Gasteiger partial charge in [-0.05, 0) is 29.7 Å². The number of aliphatic hydroxyl groups excluding tert-OH is 2. The van der Waals surface area contributed by atoms with Crippen molar-refractivity contribution in [2.24, 2.45) is 0 Å². The minimum Gasteiger partial charge on any atom is -0.497 e. The van der Waals surface area contributed by atoms with E-state index in [0.717, 1.165) is 16.5 Å². The van der Waals surface area contributed by atoms with Crippen LogP contribution in [0.1, 0.15) is 27.5 Å². The zero-order valence-electron chi connectivity index (χ0n) is 19.3. The fraction of sp³-hybridized carbons (Fsp3) is 0.222. The molecule has 1 aromatic heterocycles. The fourth-order valence-electron chi connectivity index (χ4n) is 4.05. The summed E-state index contributed by atoms with van der Waals surface area (Å²) in [6.07, 6.45) is 2.12. The average molecular weight is 479 g/mol. The van der Waals surface area contributed by atoms with E-state index >= 15 is 0 Å². The minimum atomic E-state index is -0.839. The lowest BCUT2D eigenvalue weighted by molar-refractivity contribution is 0.0971. The topological polar surface area (TPSA) is 104 Å². The molecule has 1 unspecified atom stereocenters. The van der Waals surface area contributed by atoms with Crippen molar-refractivity contribution in [2.45, 2.75) is 12.5 Å². The van der Waals surface area contributed by atoms with E-state index in [-0.39, 0.29) is 25.6 Å². The van der Waals surface area contributed by atoms with Gasteiger partial charge in [-0.1, -0.05) is 30.3 Å². The monoisotopic (exact) mass is 478 g/mol. The molecule has 0 spiro atoms. The van der Waals surface area contributed by atoms with E-state index in [4.69, 9.17) is 14.6 Å². The number of aromatic amines is 1. The van der Waals surface area contributed by atoms with Crippen LogP contribution >= 0.6 is 0 Å². The second-order valence-electron chi connectivity index (χ2n) is 7.98. The Morgan fingerprint density at radius 1 is 1.06 bits per heavy atom. The smallest absolute Gasteiger partial charge is 0.191 e. The second-order valence-corrected chi connectivity index (χ2v) is 7.98. The Hall–Kier alpha value is -3.88. The Bertz CT molecular complexity index is 1300. The zero-order chi connectivity index (χ0) is 24.8. The molecule has 8 heteroatoms. The number of halogens is 1. The minimum absolute atomic E-state index is 0.00228. The van der Waals surface area contributed by atoms with Gasteiger partial charge >= 0.3 is 0 Å². The molecule has 4 aromatic rings. The van der Waals surface area contributed by atoms with Gasteiger partial charge in [-0.25, -0.2) is 4.39 Å². The van der Waals surface area contributed by atoms with Gasteiger partial charge in [0.1, 0.15) is 30.0 Å². The number of anilines is 1. The van der Waals surface area contributed by atoms with Gasteiger partial charge in [-0.3, -0.25) is 4.79 Å². The second kappa shape index (κ2) is 11.0. The van der Waals surface area contributed by atoms with Gasteiger partial charge < -0.3 is 30.0 Å². The van der Waals surface area contributed by atoms with Crippen molar-refractivity contribution in [3.63, 3.8) is 0 Å². The molecular formula is C27H27FN2O5. The number of hydrogen-bond acceptors (Lipinski definition) is 6. The Balaban J connectivity index is 1.75. The number of para-hydroxylation sites is 1. The molecule has 0 aliphatic carbocycles. The maximum Gasteiger partial charge on any atom is 0.191 e. The number of aromatic nitrogens is 1. The third kappa shape index (κ3) is 5.45. The summed E-state index contributed by atoms with van der Waals surface area (Å²) in [7, 11) is 1.52. The van der Waals surface area contributed by atoms with E-state index in [1.54, 1.807) is 36.5 Å². The lowest BCUT2D eigenvalue weighted by Crippen LogP contribution is -2.21. The van der Waals surface area contributed by atoms with Crippen molar-refractivity contribution in [3.8, 4) is 11.5 Å². The highest BCUT2D eigenvalue weighted by atomic mass is 19.1. The molecule has 0 saturated heterocycles. The third-order valence-electron chi connectivity index (χ3n) is 5.70. The van der Waals surface area contributed by atoms with Crippen molar-refractivity contribution >= 4 is 22.4 Å². The Labute approximate surface area is 202 Å². The molecule has 35 heavy (non-hydrogen) atoms. The summed E-state index contributed by atoms with van der Waals surface area (Å²) in [5.74, 6) is 0.354. The number of fused-ring (bicyclic) bond motifs is 1. The molecule has 0 radical (unpaired) electrons. The predicted molar refractivity (Wildman–Crippen MR) is 132 cm³/mol. The molecule has 1 atom stereocenters. The van der Waals surface area contributed by atoms with Gasteiger partial charge in [-0.2, -0.15) is 0 Å². The normalized spacial score (nSPS) is 11.9. The molecule has 4 N–H and O–H groups in total. The molecule has 0 fully saturated rings. The Kier molecular flexibility index (Phi) is 7.64. The van der Waals surface area contributed by atoms with E-state index in [0.29, 0.717) is 34.7 Å². The summed E-state index contributed by atoms with van der Waals surface area (Å²) in [4.78, 5) is 17.0. The van der Waals surface area contributed by atoms with E-state index in [9.17, 15) is 14.3 Å². The molecule has 4 rings (SSSR count). The largest absolute Gasteiger partial charge is 0.497 e. The van der Waals surface area contributed by atoms with E-state index in [1.165, 1.54) is 19.2 Å². The maximum atomic E-state index is 13.9. The zero-order valence-corrected chi connectivity index (χ0v) is 19.3. The van der Waals surface area contributed by atoms with E-state index in [2.05, 4.69) is 10.3 Å². The predicted octanol–water partition coefficient (Wildman–Crippen LogP) is 4.26. The third-order valence-corrected chi connectivity index (χ3v) is 5.70. The highest BCUT2D eigenvalue weighted by Crippen LogP contribution is 2.32. The van der Waals surface area contributed by atoms with Crippen molar-refractivity contribution in [1.82, 2.24) is 4.98 Å². The van der Waals surface area contributed by atoms with Gasteiger partial charge in [0.15, 0.2) is 5.78 Å². The first-order chi connectivity index (χ1) is 17.0. The first kappa shape index (κ1) is 24.3. The number of nitrogens with one attached hydrogen (secondary N) is 2. The molecule has 3 aromatic carbocycles. The summed E-state index contributed by atoms with van der Waals surface area (Å²) in [6, 6.07) is 15.6. The molecule has 0 saturated carbocycles. The lowest BCUT2D eigenvalue weighted by atomic mass is 9.95. The Morgan fingerprint density at radius 3 is 2.54 bits per heavy atom. The number of rotatable bonds is 11. The molecule has 0 amide bonds. The summed E-state index contributed by atoms with van der Waals surface area (Å²) in [6.45, 7) is -0.0361. The highest BCUT2D eigenvalue weighted by molar-refractivity contribution is 6.12. The van der Waals surface area contributed by atoms with Crippen molar-refractivity contribution in [2.75, 3.05) is 32.2 Å². The van der Waals surface area contributed by atoms with Crippen LogP contribution in [0.3, 0.4) is 0 Å². The summed E-state index contributed by atoms with van der Waals surface area (Å²) >= 11 is 0. The standard InChI is InChI=1S/C27H27FN2O5/c1-34-21-13-20(14-22(15-21)35-12-11-32)30-26(18-5-7-19(28)8-6-18)27(33)24-16-29-25-17(9-10-31)3-2-4-23(24)25/h2-8,13-16,26,29-32H,9-12H2,1H3. The van der Waals surface area contributed by atoms with Crippen LogP contribution < -0.4 is 14.8 Å². The highest BCUT2D eigenvalue weighted by Gasteiger charge is 2.25. The molecule has 1 heterocycles. The van der Waals surface area contributed by atoms with Gasteiger partial charge in [0.05, 0.1) is 13.7 Å². The summed E-state index contributed by atoms with van der Waals surface area (Å²) in [5, 5.41) is 22.5. The summed E-state index contributed by atoms with van der Waals surface area (Å²) < 4.78 is 24.6. The van der Waals surface area contributed by atoms with Crippen LogP contribution in [0.2, 0.25) is 0 Å². The SMILES string of the molecule is COc1cc(NC(C(=O)c2c[nH]c3c(CCO)cccc23)c2ccc(F)cc2)cc(OCCO)c1. The number of hydrogen-bond donors (Lipinski definition) is 4. The fourth-order valence-corrected chi connectivity index (χ4v) is 4.05. The first-order valence-electron chi connectivity index (χ1n) is 11.2. The number of Topliss-reactive ketones (excluding diaryl/α,β-unsaturated/α-hetero) is 1. The quantitative estimate of drug-likeness (QED) is 0.240. The molecule has 0 aliphatic heterocycles. The van der Waals surface area contributed by atoms with Crippen LogP contribution in [0.5, 0.6) is 11.5 Å². The van der Waals surface area contributed by atoms with Gasteiger partial charge in [-0.15, -0.1) is 0 Å². The maximum absolute atomic E-state index is 13.9. The number of H-pyrrole nitrogens is 1. The average Bonchev–Trinajstić information content (AvgIpc) is 3.31. The first-order valence-corrected chi connectivity index (χ1v) is 11.2. The van der Waals surface area contributed by atoms with Crippen LogP contribution in [0.25, 0.3) is 10.9 Å². The molecule has 0 bridgehead atoms. The number of ether oxygens (including phenoxy) is 2. The lowest BCUT2D eigenvalue weighted by Gasteiger charge is -2.20. The van der Waals surface area contributed by atoms with Crippen molar-refractivity contribution in [1.29, 1.82) is 0 Å². The number of methoxy groups -OCH3 is 1. The van der Waals surface area contributed by atoms with E-state index < -0.39 is 11.9 Å². The van der Waals surface area contributed by atoms with Crippen molar-refractivity contribution < 1.29 is 28.9 Å². The number of ketones is 1. The van der Waals surface area contributed by atoms with Gasteiger partial charge in [0.25, 0.3) is 0 Å². The molecule has 182 valence electrons. The number of carbonyl (C=O) groups excluding carboxylic acids is 1. The van der Waals surface area contributed by atoms with Crippen LogP contribution in [0.15, 0.2) is 66.9 Å². The van der Waals surface area contributed by atoms with Crippen LogP contribution in [0.4, 0.5) is 10.1 Å². The van der Waals surface area contributed by atoms with E-state index in [1.807, 2.05) is 18.2 Å². The Morgan fingerprint density at radius 2 is 1.83 bits per heavy atom. The van der Waals surface area contributed by atoms with Crippen LogP contribution in [0, 0.1) is 5.82 Å². The molecule has 0 aliphatic rings. The number of aliphatic hydroxyl groups is 2. The van der Waals surface area contributed by atoms with Crippen molar-refractivity contribution in [3.05, 3.63) is 89.4 Å². The van der Waals surface area contributed by atoms with Gasteiger partial charge in [0, 0.05) is 53.2 Å².